The zero-order valence-corrected chi connectivity index (χ0v) is 21.0. The Labute approximate surface area is 205 Å². The molecule has 0 aromatic heterocycles. The number of carbonyl (C=O) groups excluding carboxylic acids is 3. The lowest BCUT2D eigenvalue weighted by atomic mass is 10.2. The average Bonchev–Trinajstić information content (AvgIpc) is 2.92. The number of quaternary nitrogens is 1. The number of carbonyl (C=O) groups is 4. The Morgan fingerprint density at radius 2 is 1.77 bits per heavy atom. The standard InChI is InChI=1S/C7H15NO3.C6H14N4O2.C4H7N3O.C2H5NO/c1-8(2,3)5-6(9)4-7(10)11;7-4(5(11)12)2-1-3-10-6(8)9;1-7-2-3(8)6-4(7)5;1-2(3)4/h6,9H,4-5H2,1-3H3;4H,1-3,7H2,(H,11,12)(H4,8,9,10);2H2,1H3,(H2,5,6,8);1H3,(H2,3,4). The van der Waals surface area contributed by atoms with Crippen LogP contribution in [0.25, 0.3) is 0 Å². The summed E-state index contributed by atoms with van der Waals surface area (Å²) in [4.78, 5) is 41.4. The van der Waals surface area contributed by atoms with E-state index in [-0.39, 0.29) is 30.2 Å². The molecule has 1 fully saturated rings. The number of nitrogens with zero attached hydrogens (tertiary/aromatic N) is 2. The van der Waals surface area contributed by atoms with E-state index in [0.29, 0.717) is 37.0 Å². The molecule has 0 radical (unpaired) electrons. The van der Waals surface area contributed by atoms with Crippen LogP contribution in [0.1, 0.15) is 26.2 Å². The quantitative estimate of drug-likeness (QED) is 0.0618. The Kier molecular flexibility index (Phi) is 19.5. The molecule has 1 rings (SSSR count). The molecule has 0 aromatic rings. The summed E-state index contributed by atoms with van der Waals surface area (Å²) in [6.45, 7) is 2.53. The predicted octanol–water partition coefficient (Wildman–Crippen LogP) is -4.67. The molecule has 2 amide bonds. The molecule has 0 spiro atoms. The molecule has 16 nitrogen and oxygen atoms in total. The number of nitrogens with one attached hydrogen (secondary N) is 4. The van der Waals surface area contributed by atoms with Crippen molar-refractivity contribution in [3.05, 3.63) is 0 Å². The van der Waals surface area contributed by atoms with Crippen molar-refractivity contribution >= 4 is 35.7 Å². The second-order valence-corrected chi connectivity index (χ2v) is 8.49. The van der Waals surface area contributed by atoms with Gasteiger partial charge in [-0.25, -0.2) is 0 Å². The molecule has 1 heterocycles. The van der Waals surface area contributed by atoms with Gasteiger partial charge >= 0.3 is 5.97 Å². The third-order valence-corrected chi connectivity index (χ3v) is 3.51. The van der Waals surface area contributed by atoms with Crippen molar-refractivity contribution in [2.24, 2.45) is 17.2 Å². The van der Waals surface area contributed by atoms with Crippen LogP contribution < -0.4 is 32.9 Å². The molecule has 12 N–H and O–H groups in total. The molecule has 1 aliphatic rings. The van der Waals surface area contributed by atoms with Crippen molar-refractivity contribution in [1.82, 2.24) is 15.5 Å². The number of carboxylic acid groups (broad SMARTS) is 2. The second-order valence-electron chi connectivity index (χ2n) is 8.49. The Hall–Kier alpha value is -3.50. The van der Waals surface area contributed by atoms with Crippen molar-refractivity contribution in [3.63, 3.8) is 0 Å². The van der Waals surface area contributed by atoms with Crippen molar-refractivity contribution < 1.29 is 39.0 Å². The van der Waals surface area contributed by atoms with Crippen molar-refractivity contribution in [2.75, 3.05) is 47.8 Å². The maximum absolute atomic E-state index is 10.4. The van der Waals surface area contributed by atoms with Gasteiger partial charge in [-0.05, 0) is 12.8 Å². The number of carboxylic acids is 2. The Morgan fingerprint density at radius 3 is 2.03 bits per heavy atom. The molecule has 16 heteroatoms. The number of aliphatic hydroxyl groups excluding tert-OH is 1. The lowest BCUT2D eigenvalue weighted by molar-refractivity contribution is -0.873. The highest BCUT2D eigenvalue weighted by Gasteiger charge is 2.18. The molecule has 204 valence electrons. The summed E-state index contributed by atoms with van der Waals surface area (Å²) in [6.07, 6.45) is -0.113. The molecule has 0 bridgehead atoms. The normalized spacial score (nSPS) is 13.9. The van der Waals surface area contributed by atoms with Gasteiger partial charge in [-0.3, -0.25) is 30.5 Å². The minimum atomic E-state index is -1.20. The smallest absolute Gasteiger partial charge is 0.320 e. The topological polar surface area (TPSA) is 285 Å². The maximum atomic E-state index is 10.4. The molecule has 2 unspecified atom stereocenters. The number of hydrogen-bond acceptors (Lipinski definition) is 9. The van der Waals surface area contributed by atoms with Crippen LogP contribution in [0.5, 0.6) is 0 Å². The van der Waals surface area contributed by atoms with Gasteiger partial charge < -0.3 is 52.0 Å². The van der Waals surface area contributed by atoms with Gasteiger partial charge in [0.25, 0.3) is 0 Å². The molecule has 0 aliphatic carbocycles. The van der Waals surface area contributed by atoms with Crippen LogP contribution in [0.3, 0.4) is 0 Å². The summed E-state index contributed by atoms with van der Waals surface area (Å²) in [5.41, 5.74) is 14.7. The highest BCUT2D eigenvalue weighted by Crippen LogP contribution is 1.97. The van der Waals surface area contributed by atoms with E-state index < -0.39 is 24.1 Å². The average molecular weight is 508 g/mol. The van der Waals surface area contributed by atoms with Crippen LogP contribution in [-0.4, -0.2) is 115 Å². The molecule has 2 atom stereocenters. The van der Waals surface area contributed by atoms with Crippen LogP contribution >= 0.6 is 0 Å². The summed E-state index contributed by atoms with van der Waals surface area (Å²) in [5.74, 6) is -2.56. The van der Waals surface area contributed by atoms with Crippen molar-refractivity contribution in [1.29, 1.82) is 10.8 Å². The molecular weight excluding hydrogens is 466 g/mol. The van der Waals surface area contributed by atoms with Gasteiger partial charge in [-0.1, -0.05) is 0 Å². The number of aliphatic hydroxyl groups is 1. The van der Waals surface area contributed by atoms with Crippen LogP contribution in [0.15, 0.2) is 0 Å². The summed E-state index contributed by atoms with van der Waals surface area (Å²) < 4.78 is 0.550. The number of likely N-dealkylation sites (N-methyl/N-ethyl adjacent to an activating group) is 2. The van der Waals surface area contributed by atoms with E-state index in [2.05, 4.69) is 16.4 Å². The number of aliphatic carboxylic acids is 2. The molecule has 1 aliphatic heterocycles. The number of hydrogen-bond donors (Lipinski definition) is 9. The van der Waals surface area contributed by atoms with Crippen LogP contribution in [0.2, 0.25) is 0 Å². The summed E-state index contributed by atoms with van der Waals surface area (Å²) >= 11 is 0. The summed E-state index contributed by atoms with van der Waals surface area (Å²) in [7, 11) is 7.36. The first-order valence-corrected chi connectivity index (χ1v) is 10.4. The SMILES string of the molecule is CC(N)=O.CN1CC(=O)NC1=N.C[N+](C)(C)CC(O)CC(=O)[O-].N=C(N)NCCCC(N)C(=O)O. The van der Waals surface area contributed by atoms with Crippen molar-refractivity contribution in [3.8, 4) is 0 Å². The first-order chi connectivity index (χ1) is 15.8. The largest absolute Gasteiger partial charge is 0.550 e. The second kappa shape index (κ2) is 18.9. The number of primary amides is 1. The van der Waals surface area contributed by atoms with Gasteiger partial charge in [0.2, 0.25) is 11.8 Å². The molecule has 35 heavy (non-hydrogen) atoms. The predicted molar refractivity (Wildman–Crippen MR) is 127 cm³/mol. The number of rotatable bonds is 9. The number of guanidine groups is 2. The molecular formula is C19H41N9O7. The Bertz CT molecular complexity index is 707. The van der Waals surface area contributed by atoms with Gasteiger partial charge in [0.05, 0.1) is 27.7 Å². The summed E-state index contributed by atoms with van der Waals surface area (Å²) in [6, 6.07) is -0.821. The molecule has 0 saturated carbocycles. The first-order valence-electron chi connectivity index (χ1n) is 10.4. The minimum Gasteiger partial charge on any atom is -0.550 e. The van der Waals surface area contributed by atoms with E-state index in [9.17, 15) is 24.3 Å². The van der Waals surface area contributed by atoms with E-state index in [0.717, 1.165) is 0 Å². The first kappa shape index (κ1) is 36.1. The third kappa shape index (κ3) is 30.5. The lowest BCUT2D eigenvalue weighted by Crippen LogP contribution is -2.43. The number of nitrogens with two attached hydrogens (primary N) is 3. The highest BCUT2D eigenvalue weighted by atomic mass is 16.4. The van der Waals surface area contributed by atoms with Crippen LogP contribution in [-0.2, 0) is 19.2 Å². The number of amides is 2. The minimum absolute atomic E-state index is 0.0995. The van der Waals surface area contributed by atoms with Gasteiger partial charge in [0.15, 0.2) is 11.9 Å². The fraction of sp³-hybridized carbons (Fsp3) is 0.684. The van der Waals surface area contributed by atoms with Gasteiger partial charge in [-0.2, -0.15) is 0 Å². The van der Waals surface area contributed by atoms with E-state index >= 15 is 0 Å². The van der Waals surface area contributed by atoms with Gasteiger partial charge in [0, 0.05) is 32.9 Å². The van der Waals surface area contributed by atoms with E-state index in [1.165, 1.54) is 6.92 Å². The highest BCUT2D eigenvalue weighted by molar-refractivity contribution is 6.02. The fourth-order valence-electron chi connectivity index (χ4n) is 2.12. The maximum Gasteiger partial charge on any atom is 0.320 e. The van der Waals surface area contributed by atoms with Crippen LogP contribution in [0.4, 0.5) is 0 Å². The third-order valence-electron chi connectivity index (χ3n) is 3.51. The van der Waals surface area contributed by atoms with Gasteiger partial charge in [-0.15, -0.1) is 0 Å². The zero-order valence-electron chi connectivity index (χ0n) is 21.0. The monoisotopic (exact) mass is 507 g/mol. The lowest BCUT2D eigenvalue weighted by Gasteiger charge is -2.26. The van der Waals surface area contributed by atoms with E-state index in [4.69, 9.17) is 32.5 Å². The molecule has 1 saturated heterocycles. The van der Waals surface area contributed by atoms with Crippen LogP contribution in [0, 0.1) is 10.8 Å². The van der Waals surface area contributed by atoms with Gasteiger partial charge in [0.1, 0.15) is 18.7 Å². The Balaban J connectivity index is -0.000000412. The van der Waals surface area contributed by atoms with Crippen molar-refractivity contribution in [2.45, 2.75) is 38.3 Å². The zero-order chi connectivity index (χ0) is 28.4. The van der Waals surface area contributed by atoms with E-state index in [1.54, 1.807) is 11.9 Å². The fourth-order valence-corrected chi connectivity index (χ4v) is 2.12. The van der Waals surface area contributed by atoms with E-state index in [1.807, 2.05) is 21.1 Å². The Morgan fingerprint density at radius 1 is 1.29 bits per heavy atom. The summed E-state index contributed by atoms with van der Waals surface area (Å²) in [5, 5.41) is 46.2. The molecule has 0 aromatic carbocycles.